The molecule has 1 N–H and O–H groups in total. The van der Waals surface area contributed by atoms with Crippen LogP contribution in [0.15, 0.2) is 40.9 Å². The van der Waals surface area contributed by atoms with Gasteiger partial charge in [0.25, 0.3) is 0 Å². The van der Waals surface area contributed by atoms with Crippen LogP contribution in [0.4, 0.5) is 13.2 Å². The number of benzene rings is 2. The number of alkyl halides is 3. The van der Waals surface area contributed by atoms with Crippen molar-refractivity contribution in [3.63, 3.8) is 0 Å². The normalized spacial score (nSPS) is 16.8. The molecule has 1 fully saturated rings. The Bertz CT molecular complexity index is 826. The SMILES string of the molecule is CCOc1ccc(Br)cc1C(c1cc(C(F)(F)F)ccc1Cl)N1CCNCC1. The van der Waals surface area contributed by atoms with Crippen LogP contribution < -0.4 is 10.1 Å². The maximum atomic E-state index is 13.4. The van der Waals surface area contributed by atoms with E-state index >= 15 is 0 Å². The summed E-state index contributed by atoms with van der Waals surface area (Å²) in [5, 5.41) is 3.58. The van der Waals surface area contributed by atoms with E-state index in [4.69, 9.17) is 16.3 Å². The molecule has 1 saturated heterocycles. The molecular formula is C20H21BrClF3N2O. The molecule has 0 bridgehead atoms. The quantitative estimate of drug-likeness (QED) is 0.614. The number of hydrogen-bond donors (Lipinski definition) is 1. The summed E-state index contributed by atoms with van der Waals surface area (Å²) in [4.78, 5) is 2.14. The lowest BCUT2D eigenvalue weighted by atomic mass is 9.94. The maximum Gasteiger partial charge on any atom is 0.416 e. The third-order valence-electron chi connectivity index (χ3n) is 4.70. The molecule has 28 heavy (non-hydrogen) atoms. The minimum atomic E-state index is -4.44. The van der Waals surface area contributed by atoms with Gasteiger partial charge in [-0.3, -0.25) is 4.90 Å². The van der Waals surface area contributed by atoms with Gasteiger partial charge in [0.05, 0.1) is 18.2 Å². The molecule has 0 spiro atoms. The fourth-order valence-corrected chi connectivity index (χ4v) is 4.05. The highest BCUT2D eigenvalue weighted by Crippen LogP contribution is 2.41. The van der Waals surface area contributed by atoms with Crippen molar-refractivity contribution in [2.24, 2.45) is 0 Å². The van der Waals surface area contributed by atoms with Crippen molar-refractivity contribution < 1.29 is 17.9 Å². The first-order chi connectivity index (χ1) is 13.3. The van der Waals surface area contributed by atoms with Gasteiger partial charge in [-0.2, -0.15) is 13.2 Å². The number of ether oxygens (including phenoxy) is 1. The lowest BCUT2D eigenvalue weighted by Crippen LogP contribution is -2.45. The van der Waals surface area contributed by atoms with Crippen LogP contribution in [0.5, 0.6) is 5.75 Å². The van der Waals surface area contributed by atoms with Gasteiger partial charge >= 0.3 is 6.18 Å². The third-order valence-corrected chi connectivity index (χ3v) is 5.54. The summed E-state index contributed by atoms with van der Waals surface area (Å²) in [5.41, 5.74) is 0.511. The molecule has 1 aliphatic rings. The summed E-state index contributed by atoms with van der Waals surface area (Å²) in [6.07, 6.45) is -4.44. The molecule has 1 unspecified atom stereocenters. The molecule has 1 aliphatic heterocycles. The second-order valence-corrected chi connectivity index (χ2v) is 7.86. The fraction of sp³-hybridized carbons (Fsp3) is 0.400. The van der Waals surface area contributed by atoms with Crippen molar-refractivity contribution in [2.75, 3.05) is 32.8 Å². The zero-order valence-corrected chi connectivity index (χ0v) is 17.7. The Balaban J connectivity index is 2.18. The highest BCUT2D eigenvalue weighted by atomic mass is 79.9. The van der Waals surface area contributed by atoms with Crippen LogP contribution in [0.3, 0.4) is 0 Å². The second kappa shape index (κ2) is 9.03. The van der Waals surface area contributed by atoms with Crippen molar-refractivity contribution in [1.29, 1.82) is 0 Å². The van der Waals surface area contributed by atoms with Crippen molar-refractivity contribution in [3.8, 4) is 5.75 Å². The van der Waals surface area contributed by atoms with Crippen molar-refractivity contribution in [1.82, 2.24) is 10.2 Å². The molecule has 0 aliphatic carbocycles. The van der Waals surface area contributed by atoms with E-state index in [-0.39, 0.29) is 0 Å². The topological polar surface area (TPSA) is 24.5 Å². The lowest BCUT2D eigenvalue weighted by Gasteiger charge is -2.37. The molecule has 0 aromatic heterocycles. The Kier molecular flexibility index (Phi) is 6.91. The van der Waals surface area contributed by atoms with E-state index < -0.39 is 17.8 Å². The Morgan fingerprint density at radius 3 is 2.50 bits per heavy atom. The molecule has 0 amide bonds. The van der Waals surface area contributed by atoms with E-state index in [2.05, 4.69) is 26.1 Å². The Hall–Kier alpha value is -1.28. The zero-order chi connectivity index (χ0) is 20.3. The van der Waals surface area contributed by atoms with Crippen LogP contribution >= 0.6 is 27.5 Å². The number of nitrogens with zero attached hydrogens (tertiary/aromatic N) is 1. The first kappa shape index (κ1) is 21.4. The van der Waals surface area contributed by atoms with Crippen molar-refractivity contribution in [3.05, 3.63) is 62.6 Å². The van der Waals surface area contributed by atoms with Gasteiger partial charge in [0.2, 0.25) is 0 Å². The monoisotopic (exact) mass is 476 g/mol. The van der Waals surface area contributed by atoms with Gasteiger partial charge < -0.3 is 10.1 Å². The molecule has 2 aromatic carbocycles. The van der Waals surface area contributed by atoms with Gasteiger partial charge in [0, 0.05) is 41.2 Å². The minimum absolute atomic E-state index is 0.305. The van der Waals surface area contributed by atoms with Gasteiger partial charge in [-0.1, -0.05) is 27.5 Å². The first-order valence-electron chi connectivity index (χ1n) is 9.05. The lowest BCUT2D eigenvalue weighted by molar-refractivity contribution is -0.137. The summed E-state index contributed by atoms with van der Waals surface area (Å²) in [6.45, 7) is 5.23. The smallest absolute Gasteiger partial charge is 0.416 e. The third kappa shape index (κ3) is 4.82. The zero-order valence-electron chi connectivity index (χ0n) is 15.3. The van der Waals surface area contributed by atoms with Gasteiger partial charge in [-0.05, 0) is 48.9 Å². The highest BCUT2D eigenvalue weighted by Gasteiger charge is 2.34. The fourth-order valence-electron chi connectivity index (χ4n) is 3.45. The molecule has 8 heteroatoms. The van der Waals surface area contributed by atoms with E-state index in [0.717, 1.165) is 35.3 Å². The molecule has 2 aromatic rings. The van der Waals surface area contributed by atoms with Gasteiger partial charge in [0.1, 0.15) is 5.75 Å². The number of piperazine rings is 1. The van der Waals surface area contributed by atoms with Crippen molar-refractivity contribution >= 4 is 27.5 Å². The van der Waals surface area contributed by atoms with Crippen LogP contribution in [-0.2, 0) is 6.18 Å². The molecule has 3 rings (SSSR count). The number of rotatable bonds is 5. The van der Waals surface area contributed by atoms with Gasteiger partial charge in [0.15, 0.2) is 0 Å². The predicted octanol–water partition coefficient (Wildman–Crippen LogP) is 5.51. The minimum Gasteiger partial charge on any atom is -0.494 e. The summed E-state index contributed by atoms with van der Waals surface area (Å²) in [7, 11) is 0. The number of halogens is 5. The average Bonchev–Trinajstić information content (AvgIpc) is 2.65. The van der Waals surface area contributed by atoms with Crippen LogP contribution in [0.25, 0.3) is 0 Å². The predicted molar refractivity (Wildman–Crippen MR) is 108 cm³/mol. The average molecular weight is 478 g/mol. The molecule has 1 atom stereocenters. The Labute approximate surface area is 175 Å². The van der Waals surface area contributed by atoms with E-state index in [1.54, 1.807) is 0 Å². The second-order valence-electron chi connectivity index (χ2n) is 6.54. The molecule has 0 radical (unpaired) electrons. The standard InChI is InChI=1S/C20H21BrClF3N2O/c1-2-28-18-6-4-14(21)12-16(18)19(27-9-7-26-8-10-27)15-11-13(20(23,24)25)3-5-17(15)22/h3-6,11-12,19,26H,2,7-10H2,1H3. The van der Waals surface area contributed by atoms with E-state index in [0.29, 0.717) is 36.0 Å². The van der Waals surface area contributed by atoms with Crippen LogP contribution in [0.2, 0.25) is 5.02 Å². The summed E-state index contributed by atoms with van der Waals surface area (Å²) in [5.74, 6) is 0.641. The molecule has 3 nitrogen and oxygen atoms in total. The summed E-state index contributed by atoms with van der Waals surface area (Å²) in [6, 6.07) is 8.64. The summed E-state index contributed by atoms with van der Waals surface area (Å²) >= 11 is 9.89. The Morgan fingerprint density at radius 1 is 1.14 bits per heavy atom. The summed E-state index contributed by atoms with van der Waals surface area (Å²) < 4.78 is 46.7. The first-order valence-corrected chi connectivity index (χ1v) is 10.2. The largest absolute Gasteiger partial charge is 0.494 e. The molecule has 1 heterocycles. The van der Waals surface area contributed by atoms with E-state index in [1.807, 2.05) is 25.1 Å². The van der Waals surface area contributed by atoms with Crippen molar-refractivity contribution in [2.45, 2.75) is 19.1 Å². The van der Waals surface area contributed by atoms with Crippen LogP contribution in [0, 0.1) is 0 Å². The Morgan fingerprint density at radius 2 is 1.86 bits per heavy atom. The number of hydrogen-bond acceptors (Lipinski definition) is 3. The number of nitrogens with one attached hydrogen (secondary N) is 1. The maximum absolute atomic E-state index is 13.4. The van der Waals surface area contributed by atoms with E-state index in [9.17, 15) is 13.2 Å². The molecule has 0 saturated carbocycles. The van der Waals surface area contributed by atoms with Gasteiger partial charge in [-0.25, -0.2) is 0 Å². The highest BCUT2D eigenvalue weighted by molar-refractivity contribution is 9.10. The van der Waals surface area contributed by atoms with E-state index in [1.165, 1.54) is 6.07 Å². The molecular weight excluding hydrogens is 457 g/mol. The van der Waals surface area contributed by atoms with Crippen LogP contribution in [-0.4, -0.2) is 37.7 Å². The van der Waals surface area contributed by atoms with Gasteiger partial charge in [-0.15, -0.1) is 0 Å². The molecule has 152 valence electrons. The van der Waals surface area contributed by atoms with Crippen LogP contribution in [0.1, 0.15) is 29.7 Å².